The lowest BCUT2D eigenvalue weighted by molar-refractivity contribution is 0.398. The summed E-state index contributed by atoms with van der Waals surface area (Å²) < 4.78 is 20.2. The van der Waals surface area contributed by atoms with Crippen LogP contribution < -0.4 is 4.74 Å². The second-order valence-corrected chi connectivity index (χ2v) is 6.16. The van der Waals surface area contributed by atoms with Crippen molar-refractivity contribution in [2.24, 2.45) is 4.40 Å². The van der Waals surface area contributed by atoms with Crippen molar-refractivity contribution >= 4 is 17.6 Å². The highest BCUT2D eigenvalue weighted by Crippen LogP contribution is 2.16. The molecule has 5 heteroatoms. The highest BCUT2D eigenvalue weighted by Gasteiger charge is 2.25. The van der Waals surface area contributed by atoms with Crippen LogP contribution in [0.2, 0.25) is 0 Å². The maximum atomic E-state index is 11.6. The Kier molecular flexibility index (Phi) is 4.32. The fraction of sp³-hybridized carbons (Fsp3) is 0.455. The molecule has 0 amide bonds. The molecule has 0 N–H and O–H groups in total. The third kappa shape index (κ3) is 3.83. The normalized spacial score (nSPS) is 14.1. The molecular formula is C11H16N2O2S. The smallest absolute Gasteiger partial charge is 0.212 e. The molecule has 0 aromatic carbocycles. The van der Waals surface area contributed by atoms with E-state index in [1.165, 1.54) is 0 Å². The Labute approximate surface area is 99.1 Å². The van der Waals surface area contributed by atoms with Crippen LogP contribution in [0, 0.1) is 0 Å². The number of hydrogen-bond acceptors (Lipinski definition) is 4. The minimum Gasteiger partial charge on any atom is -0.591 e. The molecule has 1 aromatic heterocycles. The van der Waals surface area contributed by atoms with E-state index < -0.39 is 11.4 Å². The van der Waals surface area contributed by atoms with Crippen LogP contribution in [0.4, 0.5) is 0 Å². The zero-order chi connectivity index (χ0) is 12.2. The topological polar surface area (TPSA) is 57.5 Å². The molecule has 1 heterocycles. The Morgan fingerprint density at radius 1 is 1.44 bits per heavy atom. The summed E-state index contributed by atoms with van der Waals surface area (Å²) >= 11 is -1.23. The van der Waals surface area contributed by atoms with Crippen LogP contribution in [0.25, 0.3) is 0 Å². The molecule has 88 valence electrons. The standard InChI is InChI=1S/C11H16N2O2S/c1-11(2,3)16(14)13-8-9-5-6-10(15-4)12-7-9/h5-8H,1-4H3/t16-/m1/s1. The molecule has 0 spiro atoms. The average molecular weight is 240 g/mol. The van der Waals surface area contributed by atoms with Crippen LogP contribution in [0.15, 0.2) is 22.7 Å². The summed E-state index contributed by atoms with van der Waals surface area (Å²) in [6.45, 7) is 5.65. The molecule has 0 aliphatic carbocycles. The molecule has 0 bridgehead atoms. The zero-order valence-electron chi connectivity index (χ0n) is 9.93. The van der Waals surface area contributed by atoms with Gasteiger partial charge in [-0.3, -0.25) is 0 Å². The average Bonchev–Trinajstić information content (AvgIpc) is 2.25. The quantitative estimate of drug-likeness (QED) is 0.599. The van der Waals surface area contributed by atoms with Gasteiger partial charge in [-0.2, -0.15) is 0 Å². The van der Waals surface area contributed by atoms with Crippen molar-refractivity contribution in [2.45, 2.75) is 25.5 Å². The van der Waals surface area contributed by atoms with Gasteiger partial charge < -0.3 is 9.29 Å². The maximum Gasteiger partial charge on any atom is 0.212 e. The molecule has 0 saturated carbocycles. The van der Waals surface area contributed by atoms with E-state index >= 15 is 0 Å². The number of nitrogens with zero attached hydrogens (tertiary/aromatic N) is 2. The van der Waals surface area contributed by atoms with Gasteiger partial charge >= 0.3 is 0 Å². The molecule has 16 heavy (non-hydrogen) atoms. The number of methoxy groups -OCH3 is 1. The monoisotopic (exact) mass is 240 g/mol. The minimum atomic E-state index is -1.23. The van der Waals surface area contributed by atoms with Gasteiger partial charge in [-0.1, -0.05) is 4.40 Å². The Morgan fingerprint density at radius 3 is 2.56 bits per heavy atom. The van der Waals surface area contributed by atoms with Gasteiger partial charge in [-0.25, -0.2) is 4.98 Å². The van der Waals surface area contributed by atoms with Crippen LogP contribution in [-0.4, -0.2) is 27.6 Å². The highest BCUT2D eigenvalue weighted by molar-refractivity contribution is 7.91. The van der Waals surface area contributed by atoms with Gasteiger partial charge in [0.15, 0.2) is 0 Å². The van der Waals surface area contributed by atoms with Crippen molar-refractivity contribution < 1.29 is 9.29 Å². The second-order valence-electron chi connectivity index (χ2n) is 4.23. The fourth-order valence-corrected chi connectivity index (χ4v) is 1.39. The SMILES string of the molecule is COc1ccc(C=N[S@+]([O-])C(C)(C)C)cn1. The van der Waals surface area contributed by atoms with Gasteiger partial charge in [0.1, 0.15) is 16.1 Å². The van der Waals surface area contributed by atoms with Gasteiger partial charge in [-0.15, -0.1) is 0 Å². The molecule has 0 fully saturated rings. The first-order chi connectivity index (χ1) is 7.43. The minimum absolute atomic E-state index is 0.337. The fourth-order valence-electron chi connectivity index (χ4n) is 0.856. The molecule has 0 aliphatic heterocycles. The van der Waals surface area contributed by atoms with Crippen LogP contribution in [0.5, 0.6) is 5.88 Å². The first kappa shape index (κ1) is 13.0. The summed E-state index contributed by atoms with van der Waals surface area (Å²) in [5.41, 5.74) is 0.804. The first-order valence-corrected chi connectivity index (χ1v) is 6.00. The van der Waals surface area contributed by atoms with Gasteiger partial charge in [0.25, 0.3) is 0 Å². The molecule has 1 atom stereocenters. The largest absolute Gasteiger partial charge is 0.591 e. The summed E-state index contributed by atoms with van der Waals surface area (Å²) in [7, 11) is 1.56. The van der Waals surface area contributed by atoms with Crippen molar-refractivity contribution in [2.75, 3.05) is 7.11 Å². The van der Waals surface area contributed by atoms with E-state index in [1.54, 1.807) is 25.6 Å². The number of rotatable bonds is 3. The van der Waals surface area contributed by atoms with Crippen molar-refractivity contribution in [3.63, 3.8) is 0 Å². The van der Waals surface area contributed by atoms with Gasteiger partial charge in [0.05, 0.1) is 13.3 Å². The lowest BCUT2D eigenvalue weighted by atomic mass is 10.3. The van der Waals surface area contributed by atoms with Crippen molar-refractivity contribution in [3.8, 4) is 5.88 Å². The molecule has 4 nitrogen and oxygen atoms in total. The van der Waals surface area contributed by atoms with E-state index in [0.29, 0.717) is 5.88 Å². The molecule has 0 saturated heterocycles. The van der Waals surface area contributed by atoms with Crippen LogP contribution in [0.1, 0.15) is 26.3 Å². The Balaban J connectivity index is 2.69. The first-order valence-electron chi connectivity index (χ1n) is 4.89. The summed E-state index contributed by atoms with van der Waals surface area (Å²) in [5, 5.41) is 0. The Hall–Kier alpha value is -1.07. The van der Waals surface area contributed by atoms with Crippen LogP contribution >= 0.6 is 0 Å². The third-order valence-electron chi connectivity index (χ3n) is 1.79. The van der Waals surface area contributed by atoms with E-state index in [2.05, 4.69) is 9.38 Å². The van der Waals surface area contributed by atoms with E-state index in [-0.39, 0.29) is 4.75 Å². The lowest BCUT2D eigenvalue weighted by Gasteiger charge is -2.17. The van der Waals surface area contributed by atoms with Crippen LogP contribution in [-0.2, 0) is 11.4 Å². The van der Waals surface area contributed by atoms with Crippen LogP contribution in [0.3, 0.4) is 0 Å². The predicted octanol–water partition coefficient (Wildman–Crippen LogP) is 1.97. The molecule has 1 aromatic rings. The lowest BCUT2D eigenvalue weighted by Crippen LogP contribution is -2.25. The summed E-state index contributed by atoms with van der Waals surface area (Å²) in [4.78, 5) is 4.02. The molecule has 1 rings (SSSR count). The highest BCUT2D eigenvalue weighted by atomic mass is 32.2. The van der Waals surface area contributed by atoms with E-state index in [1.807, 2.05) is 26.8 Å². The molecule has 0 radical (unpaired) electrons. The predicted molar refractivity (Wildman–Crippen MR) is 66.3 cm³/mol. The van der Waals surface area contributed by atoms with Gasteiger partial charge in [0.2, 0.25) is 5.88 Å². The van der Waals surface area contributed by atoms with E-state index in [9.17, 15) is 4.55 Å². The number of hydrogen-bond donors (Lipinski definition) is 0. The maximum absolute atomic E-state index is 11.6. The number of pyridine rings is 1. The molecule has 0 aliphatic rings. The Bertz CT molecular complexity index is 357. The van der Waals surface area contributed by atoms with E-state index in [0.717, 1.165) is 5.56 Å². The zero-order valence-corrected chi connectivity index (χ0v) is 10.7. The summed E-state index contributed by atoms with van der Waals surface area (Å²) in [5.74, 6) is 0.550. The second kappa shape index (κ2) is 5.32. The Morgan fingerprint density at radius 2 is 2.12 bits per heavy atom. The van der Waals surface area contributed by atoms with Crippen molar-refractivity contribution in [1.82, 2.24) is 4.98 Å². The van der Waals surface area contributed by atoms with Crippen molar-refractivity contribution in [3.05, 3.63) is 23.9 Å². The summed E-state index contributed by atoms with van der Waals surface area (Å²) in [6.07, 6.45) is 3.19. The third-order valence-corrected chi connectivity index (χ3v) is 3.13. The number of aromatic nitrogens is 1. The van der Waals surface area contributed by atoms with Gasteiger partial charge in [-0.05, 0) is 26.8 Å². The molecule has 0 unspecified atom stereocenters. The molecular weight excluding hydrogens is 224 g/mol. The van der Waals surface area contributed by atoms with E-state index in [4.69, 9.17) is 4.74 Å². The van der Waals surface area contributed by atoms with Gasteiger partial charge in [0, 0.05) is 17.8 Å². The number of ether oxygens (including phenoxy) is 1. The summed E-state index contributed by atoms with van der Waals surface area (Å²) in [6, 6.07) is 3.55. The van der Waals surface area contributed by atoms with Crippen molar-refractivity contribution in [1.29, 1.82) is 0 Å².